The molecule has 0 atom stereocenters. The predicted molar refractivity (Wildman–Crippen MR) is 120 cm³/mol. The van der Waals surface area contributed by atoms with Gasteiger partial charge in [-0.1, -0.05) is 41.0 Å². The molecule has 1 N–H and O–H groups in total. The second kappa shape index (κ2) is 11.5. The first-order valence-electron chi connectivity index (χ1n) is 9.55. The average Bonchev–Trinajstić information content (AvgIpc) is 3.13. The summed E-state index contributed by atoms with van der Waals surface area (Å²) in [5.41, 5.74) is 1.62. The summed E-state index contributed by atoms with van der Waals surface area (Å²) >= 11 is 14.1. The number of halogens is 3. The van der Waals surface area contributed by atoms with Crippen LogP contribution in [0.2, 0.25) is 10.0 Å². The van der Waals surface area contributed by atoms with Gasteiger partial charge in [0.1, 0.15) is 12.4 Å². The van der Waals surface area contributed by atoms with Crippen LogP contribution in [0.4, 0.5) is 4.39 Å². The van der Waals surface area contributed by atoms with Crippen molar-refractivity contribution in [2.45, 2.75) is 25.2 Å². The number of ether oxygens (including phenoxy) is 2. The smallest absolute Gasteiger partial charge is 0.209 e. The second-order valence-corrected chi connectivity index (χ2v) is 8.35. The third kappa shape index (κ3) is 6.70. The van der Waals surface area contributed by atoms with Crippen molar-refractivity contribution < 1.29 is 13.9 Å². The van der Waals surface area contributed by atoms with Crippen molar-refractivity contribution in [3.63, 3.8) is 0 Å². The first-order chi connectivity index (χ1) is 15.0. The molecule has 0 bridgehead atoms. The molecule has 11 heteroatoms. The summed E-state index contributed by atoms with van der Waals surface area (Å²) in [4.78, 5) is 0. The van der Waals surface area contributed by atoms with Crippen molar-refractivity contribution in [3.8, 4) is 11.5 Å². The number of thioether (sulfide) groups is 1. The van der Waals surface area contributed by atoms with Crippen LogP contribution < -0.4 is 14.8 Å². The predicted octanol–water partition coefficient (Wildman–Crippen LogP) is 4.52. The molecule has 166 valence electrons. The molecular formula is C20H22Cl2FN5O2S. The highest BCUT2D eigenvalue weighted by Crippen LogP contribution is 2.37. The van der Waals surface area contributed by atoms with E-state index in [1.165, 1.54) is 12.1 Å². The van der Waals surface area contributed by atoms with E-state index in [1.807, 2.05) is 19.1 Å². The topological polar surface area (TPSA) is 74.1 Å². The van der Waals surface area contributed by atoms with Crippen LogP contribution in [0.3, 0.4) is 0 Å². The number of aryl methyl sites for hydroxylation is 1. The Morgan fingerprint density at radius 2 is 2.00 bits per heavy atom. The van der Waals surface area contributed by atoms with E-state index in [4.69, 9.17) is 32.7 Å². The van der Waals surface area contributed by atoms with Gasteiger partial charge >= 0.3 is 0 Å². The lowest BCUT2D eigenvalue weighted by atomic mass is 10.2. The number of nitrogens with one attached hydrogen (secondary N) is 1. The fourth-order valence-electron chi connectivity index (χ4n) is 2.71. The SMILES string of the molecule is CCOc1cc(CNCCSc2nnnn2C)cc(Cl)c1OCc1ccc(F)cc1Cl. The molecule has 0 radical (unpaired) electrons. The highest BCUT2D eigenvalue weighted by Gasteiger charge is 2.14. The quantitative estimate of drug-likeness (QED) is 0.316. The molecule has 0 aliphatic carbocycles. The van der Waals surface area contributed by atoms with Gasteiger partial charge in [0.15, 0.2) is 11.5 Å². The van der Waals surface area contributed by atoms with Gasteiger partial charge in [-0.15, -0.1) is 5.10 Å². The number of benzene rings is 2. The maximum atomic E-state index is 13.2. The van der Waals surface area contributed by atoms with Crippen LogP contribution in [0.5, 0.6) is 11.5 Å². The molecule has 7 nitrogen and oxygen atoms in total. The number of hydrogen-bond donors (Lipinski definition) is 1. The molecule has 1 heterocycles. The second-order valence-electron chi connectivity index (χ2n) is 6.47. The Hall–Kier alpha value is -2.07. The van der Waals surface area contributed by atoms with E-state index in [1.54, 1.807) is 29.6 Å². The van der Waals surface area contributed by atoms with Gasteiger partial charge in [-0.2, -0.15) is 0 Å². The highest BCUT2D eigenvalue weighted by atomic mass is 35.5. The monoisotopic (exact) mass is 485 g/mol. The Labute approximate surface area is 194 Å². The number of rotatable bonds is 11. The Kier molecular flexibility index (Phi) is 8.77. The van der Waals surface area contributed by atoms with Gasteiger partial charge in [0.25, 0.3) is 0 Å². The van der Waals surface area contributed by atoms with Crippen molar-refractivity contribution >= 4 is 35.0 Å². The Balaban J connectivity index is 1.59. The summed E-state index contributed by atoms with van der Waals surface area (Å²) < 4.78 is 26.5. The van der Waals surface area contributed by atoms with Gasteiger partial charge < -0.3 is 14.8 Å². The lowest BCUT2D eigenvalue weighted by Gasteiger charge is -2.16. The highest BCUT2D eigenvalue weighted by molar-refractivity contribution is 7.99. The third-order valence-corrected chi connectivity index (χ3v) is 5.82. The largest absolute Gasteiger partial charge is 0.490 e. The van der Waals surface area contributed by atoms with Crippen molar-refractivity contribution in [2.75, 3.05) is 18.9 Å². The number of tetrazole rings is 1. The van der Waals surface area contributed by atoms with Crippen LogP contribution in [0.1, 0.15) is 18.1 Å². The zero-order chi connectivity index (χ0) is 22.2. The van der Waals surface area contributed by atoms with E-state index in [9.17, 15) is 4.39 Å². The zero-order valence-corrected chi connectivity index (χ0v) is 19.4. The van der Waals surface area contributed by atoms with E-state index in [-0.39, 0.29) is 6.61 Å². The van der Waals surface area contributed by atoms with Gasteiger partial charge in [-0.25, -0.2) is 9.07 Å². The van der Waals surface area contributed by atoms with Crippen LogP contribution in [-0.4, -0.2) is 39.1 Å². The maximum absolute atomic E-state index is 13.2. The maximum Gasteiger partial charge on any atom is 0.209 e. The number of nitrogens with zero attached hydrogens (tertiary/aromatic N) is 4. The van der Waals surface area contributed by atoms with Gasteiger partial charge in [0.2, 0.25) is 5.16 Å². The zero-order valence-electron chi connectivity index (χ0n) is 17.1. The summed E-state index contributed by atoms with van der Waals surface area (Å²) in [7, 11) is 1.81. The van der Waals surface area contributed by atoms with Crippen molar-refractivity contribution in [1.82, 2.24) is 25.5 Å². The van der Waals surface area contributed by atoms with Gasteiger partial charge in [-0.05, 0) is 47.2 Å². The van der Waals surface area contributed by atoms with E-state index >= 15 is 0 Å². The third-order valence-electron chi connectivity index (χ3n) is 4.18. The summed E-state index contributed by atoms with van der Waals surface area (Å²) in [6.45, 7) is 3.87. The minimum Gasteiger partial charge on any atom is -0.490 e. The molecule has 0 amide bonds. The number of aromatic nitrogens is 4. The molecule has 31 heavy (non-hydrogen) atoms. The molecule has 0 saturated carbocycles. The normalized spacial score (nSPS) is 11.0. The summed E-state index contributed by atoms with van der Waals surface area (Å²) in [5.74, 6) is 1.40. The standard InChI is InChI=1S/C20H22Cl2FN5O2S/c1-3-29-18-9-13(11-24-6-7-31-20-25-26-27-28(20)2)8-17(22)19(18)30-12-14-4-5-15(23)10-16(14)21/h4-5,8-10,24H,3,6-7,11-12H2,1-2H3. The van der Waals surface area contributed by atoms with E-state index in [2.05, 4.69) is 20.8 Å². The van der Waals surface area contributed by atoms with Gasteiger partial charge in [0, 0.05) is 31.5 Å². The molecule has 0 saturated heterocycles. The minimum absolute atomic E-state index is 0.143. The Bertz CT molecular complexity index is 1020. The molecule has 0 spiro atoms. The fraction of sp³-hybridized carbons (Fsp3) is 0.350. The van der Waals surface area contributed by atoms with Crippen LogP contribution in [0.25, 0.3) is 0 Å². The average molecular weight is 486 g/mol. The fourth-order valence-corrected chi connectivity index (χ4v) is 3.96. The van der Waals surface area contributed by atoms with Crippen LogP contribution in [0.15, 0.2) is 35.5 Å². The lowest BCUT2D eigenvalue weighted by Crippen LogP contribution is -2.17. The lowest BCUT2D eigenvalue weighted by molar-refractivity contribution is 0.269. The molecular weight excluding hydrogens is 464 g/mol. The summed E-state index contributed by atoms with van der Waals surface area (Å²) in [5, 5.41) is 16.2. The van der Waals surface area contributed by atoms with Crippen molar-refractivity contribution in [2.24, 2.45) is 7.05 Å². The molecule has 0 aliphatic rings. The Morgan fingerprint density at radius 1 is 1.16 bits per heavy atom. The van der Waals surface area contributed by atoms with Crippen LogP contribution >= 0.6 is 35.0 Å². The molecule has 3 aromatic rings. The van der Waals surface area contributed by atoms with E-state index in [0.717, 1.165) is 23.0 Å². The van der Waals surface area contributed by atoms with Gasteiger partial charge in [-0.3, -0.25) is 0 Å². The van der Waals surface area contributed by atoms with Crippen LogP contribution in [-0.2, 0) is 20.2 Å². The summed E-state index contributed by atoms with van der Waals surface area (Å²) in [6.07, 6.45) is 0. The minimum atomic E-state index is -0.398. The van der Waals surface area contributed by atoms with E-state index < -0.39 is 5.82 Å². The molecule has 0 aliphatic heterocycles. The number of hydrogen-bond acceptors (Lipinski definition) is 7. The Morgan fingerprint density at radius 3 is 2.71 bits per heavy atom. The first kappa shape index (κ1) is 23.6. The molecule has 0 fully saturated rings. The summed E-state index contributed by atoms with van der Waals surface area (Å²) in [6, 6.07) is 7.89. The molecule has 2 aromatic carbocycles. The van der Waals surface area contributed by atoms with Crippen molar-refractivity contribution in [1.29, 1.82) is 0 Å². The van der Waals surface area contributed by atoms with E-state index in [0.29, 0.717) is 40.3 Å². The first-order valence-corrected chi connectivity index (χ1v) is 11.3. The van der Waals surface area contributed by atoms with Crippen LogP contribution in [0, 0.1) is 5.82 Å². The van der Waals surface area contributed by atoms with Crippen molar-refractivity contribution in [3.05, 3.63) is 57.3 Å². The molecule has 1 aromatic heterocycles. The molecule has 0 unspecified atom stereocenters. The van der Waals surface area contributed by atoms with Gasteiger partial charge in [0.05, 0.1) is 16.7 Å². The molecule has 3 rings (SSSR count).